The number of carboxylic acid groups (broad SMARTS) is 1. The van der Waals surface area contributed by atoms with E-state index in [9.17, 15) is 4.79 Å². The van der Waals surface area contributed by atoms with Crippen molar-refractivity contribution in [2.24, 2.45) is 0 Å². The van der Waals surface area contributed by atoms with Crippen LogP contribution < -0.4 is 9.47 Å². The van der Waals surface area contributed by atoms with Crippen molar-refractivity contribution in [2.45, 2.75) is 6.10 Å². The predicted octanol–water partition coefficient (Wildman–Crippen LogP) is 2.35. The van der Waals surface area contributed by atoms with Crippen molar-refractivity contribution in [2.75, 3.05) is 6.61 Å². The van der Waals surface area contributed by atoms with Gasteiger partial charge in [-0.3, -0.25) is 0 Å². The van der Waals surface area contributed by atoms with E-state index in [2.05, 4.69) is 4.98 Å². The standard InChI is InChI=1S/C12H9NO4S/c14-12(15)7-6-18-11(13-7)10-5-16-8-3-1-2-4-9(8)17-10/h1-4,6,10H,5H2,(H,14,15)/t10-/m0/s1. The smallest absolute Gasteiger partial charge is 0.355 e. The minimum absolute atomic E-state index is 0.0393. The summed E-state index contributed by atoms with van der Waals surface area (Å²) in [5, 5.41) is 10.9. The lowest BCUT2D eigenvalue weighted by atomic mass is 10.2. The zero-order chi connectivity index (χ0) is 12.5. The van der Waals surface area contributed by atoms with Gasteiger partial charge in [0.1, 0.15) is 11.6 Å². The fraction of sp³-hybridized carbons (Fsp3) is 0.167. The first kappa shape index (κ1) is 11.0. The van der Waals surface area contributed by atoms with Gasteiger partial charge in [-0.2, -0.15) is 0 Å². The summed E-state index contributed by atoms with van der Waals surface area (Å²) >= 11 is 1.26. The SMILES string of the molecule is O=C(O)c1csc([C@@H]2COc3ccccc3O2)n1. The van der Waals surface area contributed by atoms with Crippen molar-refractivity contribution in [1.82, 2.24) is 4.98 Å². The zero-order valence-corrected chi connectivity index (χ0v) is 10.0. The van der Waals surface area contributed by atoms with E-state index in [1.54, 1.807) is 0 Å². The van der Waals surface area contributed by atoms with Crippen LogP contribution in [0.4, 0.5) is 0 Å². The van der Waals surface area contributed by atoms with Crippen molar-refractivity contribution in [1.29, 1.82) is 0 Å². The van der Waals surface area contributed by atoms with Gasteiger partial charge in [0.05, 0.1) is 0 Å². The van der Waals surface area contributed by atoms with Crippen LogP contribution in [0.1, 0.15) is 21.6 Å². The molecule has 0 bridgehead atoms. The molecule has 1 aliphatic rings. The summed E-state index contributed by atoms with van der Waals surface area (Å²) in [4.78, 5) is 14.8. The van der Waals surface area contributed by atoms with Crippen LogP contribution in [0.3, 0.4) is 0 Å². The number of nitrogens with zero attached hydrogens (tertiary/aromatic N) is 1. The van der Waals surface area contributed by atoms with Crippen LogP contribution in [0.2, 0.25) is 0 Å². The number of hydrogen-bond donors (Lipinski definition) is 1. The maximum Gasteiger partial charge on any atom is 0.355 e. The molecule has 92 valence electrons. The molecule has 5 nitrogen and oxygen atoms in total. The van der Waals surface area contributed by atoms with Crippen LogP contribution in [-0.4, -0.2) is 22.7 Å². The molecule has 0 spiro atoms. The average molecular weight is 263 g/mol. The first-order chi connectivity index (χ1) is 8.74. The third-order valence-electron chi connectivity index (χ3n) is 2.53. The summed E-state index contributed by atoms with van der Waals surface area (Å²) in [5.41, 5.74) is 0.0393. The largest absolute Gasteiger partial charge is 0.485 e. The third-order valence-corrected chi connectivity index (χ3v) is 3.46. The second-order valence-corrected chi connectivity index (χ2v) is 4.63. The van der Waals surface area contributed by atoms with E-state index in [1.807, 2.05) is 24.3 Å². The molecule has 1 aromatic heterocycles. The summed E-state index contributed by atoms with van der Waals surface area (Å²) in [6, 6.07) is 7.37. The van der Waals surface area contributed by atoms with Crippen molar-refractivity contribution in [3.63, 3.8) is 0 Å². The van der Waals surface area contributed by atoms with Gasteiger partial charge in [0.25, 0.3) is 0 Å². The highest BCUT2D eigenvalue weighted by Gasteiger charge is 2.25. The molecule has 0 saturated carbocycles. The average Bonchev–Trinajstić information content (AvgIpc) is 2.88. The molecule has 2 heterocycles. The lowest BCUT2D eigenvalue weighted by Crippen LogP contribution is -2.21. The number of carbonyl (C=O) groups is 1. The molecule has 18 heavy (non-hydrogen) atoms. The normalized spacial score (nSPS) is 17.4. The quantitative estimate of drug-likeness (QED) is 0.900. The third kappa shape index (κ3) is 1.91. The van der Waals surface area contributed by atoms with Crippen molar-refractivity contribution >= 4 is 17.3 Å². The molecule has 1 N–H and O–H groups in total. The van der Waals surface area contributed by atoms with Gasteiger partial charge < -0.3 is 14.6 Å². The maximum absolute atomic E-state index is 10.8. The number of fused-ring (bicyclic) bond motifs is 1. The number of ether oxygens (including phenoxy) is 2. The molecule has 0 aliphatic carbocycles. The van der Waals surface area contributed by atoms with Gasteiger partial charge in [-0.15, -0.1) is 11.3 Å². The monoisotopic (exact) mass is 263 g/mol. The van der Waals surface area contributed by atoms with Gasteiger partial charge in [0, 0.05) is 5.38 Å². The van der Waals surface area contributed by atoms with Crippen LogP contribution in [0, 0.1) is 0 Å². The highest BCUT2D eigenvalue weighted by atomic mass is 32.1. The Hall–Kier alpha value is -2.08. The van der Waals surface area contributed by atoms with Crippen molar-refractivity contribution < 1.29 is 19.4 Å². The van der Waals surface area contributed by atoms with Gasteiger partial charge >= 0.3 is 5.97 Å². The van der Waals surface area contributed by atoms with E-state index in [0.29, 0.717) is 23.1 Å². The number of thiazole rings is 1. The van der Waals surface area contributed by atoms with Gasteiger partial charge in [-0.05, 0) is 12.1 Å². The Bertz CT molecular complexity index is 595. The van der Waals surface area contributed by atoms with Crippen molar-refractivity contribution in [3.05, 3.63) is 40.3 Å². The highest BCUT2D eigenvalue weighted by Crippen LogP contribution is 2.36. The number of benzene rings is 1. The van der Waals surface area contributed by atoms with Crippen LogP contribution in [-0.2, 0) is 0 Å². The summed E-state index contributed by atoms with van der Waals surface area (Å²) < 4.78 is 11.3. The van der Waals surface area contributed by atoms with E-state index in [0.717, 1.165) is 0 Å². The van der Waals surface area contributed by atoms with Gasteiger partial charge in [-0.1, -0.05) is 12.1 Å². The molecule has 6 heteroatoms. The van der Waals surface area contributed by atoms with Gasteiger partial charge in [0.15, 0.2) is 23.3 Å². The molecule has 1 aromatic carbocycles. The lowest BCUT2D eigenvalue weighted by Gasteiger charge is -2.24. The van der Waals surface area contributed by atoms with Gasteiger partial charge in [-0.25, -0.2) is 9.78 Å². The topological polar surface area (TPSA) is 68.7 Å². The van der Waals surface area contributed by atoms with Crippen LogP contribution >= 0.6 is 11.3 Å². The lowest BCUT2D eigenvalue weighted by molar-refractivity contribution is 0.0688. The number of para-hydroxylation sites is 2. The fourth-order valence-electron chi connectivity index (χ4n) is 1.67. The van der Waals surface area contributed by atoms with Crippen molar-refractivity contribution in [3.8, 4) is 11.5 Å². The molecule has 0 amide bonds. The van der Waals surface area contributed by atoms with Crippen LogP contribution in [0.15, 0.2) is 29.6 Å². The fourth-order valence-corrected chi connectivity index (χ4v) is 2.48. The van der Waals surface area contributed by atoms with E-state index >= 15 is 0 Å². The number of aromatic nitrogens is 1. The molecule has 2 aromatic rings. The summed E-state index contributed by atoms with van der Waals surface area (Å²) in [6.07, 6.45) is -0.349. The Labute approximate surface area is 107 Å². The molecule has 0 saturated heterocycles. The Morgan fingerprint density at radius 1 is 1.39 bits per heavy atom. The Balaban J connectivity index is 1.85. The molecule has 0 radical (unpaired) electrons. The number of rotatable bonds is 2. The van der Waals surface area contributed by atoms with E-state index in [4.69, 9.17) is 14.6 Å². The molecule has 0 fully saturated rings. The second kappa shape index (κ2) is 4.30. The minimum atomic E-state index is -1.03. The first-order valence-electron chi connectivity index (χ1n) is 5.31. The van der Waals surface area contributed by atoms with E-state index in [-0.39, 0.29) is 11.8 Å². The summed E-state index contributed by atoms with van der Waals surface area (Å²) in [6.45, 7) is 0.337. The van der Waals surface area contributed by atoms with Crippen LogP contribution in [0.25, 0.3) is 0 Å². The number of aromatic carboxylic acids is 1. The number of carboxylic acids is 1. The summed E-state index contributed by atoms with van der Waals surface area (Å²) in [5.74, 6) is 0.319. The highest BCUT2D eigenvalue weighted by molar-refractivity contribution is 7.09. The number of hydrogen-bond acceptors (Lipinski definition) is 5. The minimum Gasteiger partial charge on any atom is -0.485 e. The Kier molecular flexibility index (Phi) is 2.64. The molecule has 3 rings (SSSR count). The molecule has 1 atom stereocenters. The second-order valence-electron chi connectivity index (χ2n) is 3.74. The van der Waals surface area contributed by atoms with E-state index < -0.39 is 5.97 Å². The van der Waals surface area contributed by atoms with Crippen LogP contribution in [0.5, 0.6) is 11.5 Å². The zero-order valence-electron chi connectivity index (χ0n) is 9.20. The Morgan fingerprint density at radius 2 is 2.17 bits per heavy atom. The molecular formula is C12H9NO4S. The molecular weight excluding hydrogens is 254 g/mol. The van der Waals surface area contributed by atoms with E-state index in [1.165, 1.54) is 16.7 Å². The predicted molar refractivity (Wildman–Crippen MR) is 64.4 cm³/mol. The molecule has 0 unspecified atom stereocenters. The summed E-state index contributed by atoms with van der Waals surface area (Å²) in [7, 11) is 0. The first-order valence-corrected chi connectivity index (χ1v) is 6.19. The molecule has 1 aliphatic heterocycles. The maximum atomic E-state index is 10.8. The van der Waals surface area contributed by atoms with Gasteiger partial charge in [0.2, 0.25) is 0 Å². The Morgan fingerprint density at radius 3 is 2.89 bits per heavy atom.